The molecule has 0 unspecified atom stereocenters. The number of hydrogen-bond acceptors (Lipinski definition) is 4. The second kappa shape index (κ2) is 12.7. The zero-order chi connectivity index (χ0) is 28.0. The molecular formula is C28H31Cl2N3O4S. The molecule has 0 aliphatic rings. The maximum Gasteiger partial charge on any atom is 0.264 e. The largest absolute Gasteiger partial charge is 0.352 e. The van der Waals surface area contributed by atoms with Gasteiger partial charge in [-0.15, -0.1) is 0 Å². The van der Waals surface area contributed by atoms with Crippen LogP contribution in [0.2, 0.25) is 10.0 Å². The van der Waals surface area contributed by atoms with E-state index in [2.05, 4.69) is 5.32 Å². The van der Waals surface area contributed by atoms with Gasteiger partial charge >= 0.3 is 0 Å². The Hall–Kier alpha value is -3.07. The molecule has 0 aliphatic heterocycles. The van der Waals surface area contributed by atoms with Gasteiger partial charge in [0, 0.05) is 22.6 Å². The summed E-state index contributed by atoms with van der Waals surface area (Å²) in [5.74, 6) is -0.907. The fourth-order valence-electron chi connectivity index (χ4n) is 3.82. The second-order valence-electron chi connectivity index (χ2n) is 9.30. The molecule has 202 valence electrons. The molecule has 0 radical (unpaired) electrons. The molecule has 7 nitrogen and oxygen atoms in total. The number of amides is 2. The first-order chi connectivity index (χ1) is 17.9. The number of benzene rings is 3. The summed E-state index contributed by atoms with van der Waals surface area (Å²) < 4.78 is 28.6. The Morgan fingerprint density at radius 3 is 2.03 bits per heavy atom. The summed E-state index contributed by atoms with van der Waals surface area (Å²) in [7, 11) is -4.20. The topological polar surface area (TPSA) is 86.8 Å². The van der Waals surface area contributed by atoms with Gasteiger partial charge in [0.2, 0.25) is 11.8 Å². The Kier molecular flexibility index (Phi) is 9.82. The van der Waals surface area contributed by atoms with E-state index in [4.69, 9.17) is 23.2 Å². The molecule has 10 heteroatoms. The van der Waals surface area contributed by atoms with Crippen molar-refractivity contribution in [3.63, 3.8) is 0 Å². The van der Waals surface area contributed by atoms with Crippen LogP contribution in [0.4, 0.5) is 5.69 Å². The van der Waals surface area contributed by atoms with Gasteiger partial charge in [0.05, 0.1) is 10.6 Å². The van der Waals surface area contributed by atoms with Crippen molar-refractivity contribution < 1.29 is 18.0 Å². The summed E-state index contributed by atoms with van der Waals surface area (Å²) in [5, 5.41) is 3.26. The van der Waals surface area contributed by atoms with Crippen molar-refractivity contribution in [3.05, 3.63) is 94.0 Å². The first kappa shape index (κ1) is 29.5. The van der Waals surface area contributed by atoms with Gasteiger partial charge in [-0.25, -0.2) is 8.42 Å². The Morgan fingerprint density at radius 1 is 0.895 bits per heavy atom. The van der Waals surface area contributed by atoms with Gasteiger partial charge in [0.25, 0.3) is 10.0 Å². The summed E-state index contributed by atoms with van der Waals surface area (Å²) >= 11 is 12.4. The van der Waals surface area contributed by atoms with Crippen molar-refractivity contribution >= 4 is 50.7 Å². The number of aryl methyl sites for hydroxylation is 1. The number of rotatable bonds is 10. The number of nitrogens with one attached hydrogen (secondary N) is 1. The summed E-state index contributed by atoms with van der Waals surface area (Å²) in [6.45, 7) is 6.66. The first-order valence-corrected chi connectivity index (χ1v) is 14.3. The maximum atomic E-state index is 13.8. The van der Waals surface area contributed by atoms with Gasteiger partial charge < -0.3 is 10.2 Å². The van der Waals surface area contributed by atoms with Crippen LogP contribution in [-0.4, -0.2) is 43.8 Å². The molecule has 0 saturated heterocycles. The Labute approximate surface area is 234 Å². The van der Waals surface area contributed by atoms with Crippen LogP contribution in [0, 0.1) is 6.92 Å². The molecule has 2 amide bonds. The Balaban J connectivity index is 2.05. The summed E-state index contributed by atoms with van der Waals surface area (Å²) in [4.78, 5) is 28.1. The SMILES string of the molecule is Cc1ccc(S(=O)(=O)N(CC(=O)N(Cc2ccccc2)[C@@H](C)C(=O)NC(C)C)c2cc(Cl)cc(Cl)c2)cc1. The molecule has 1 atom stereocenters. The van der Waals surface area contributed by atoms with Crippen LogP contribution in [0.3, 0.4) is 0 Å². The van der Waals surface area contributed by atoms with E-state index < -0.39 is 28.5 Å². The monoisotopic (exact) mass is 575 g/mol. The van der Waals surface area contributed by atoms with Gasteiger partial charge in [0.1, 0.15) is 12.6 Å². The fraction of sp³-hybridized carbons (Fsp3) is 0.286. The number of hydrogen-bond donors (Lipinski definition) is 1. The molecule has 0 heterocycles. The lowest BCUT2D eigenvalue weighted by atomic mass is 10.1. The highest BCUT2D eigenvalue weighted by molar-refractivity contribution is 7.92. The van der Waals surface area contributed by atoms with Crippen molar-refractivity contribution in [1.29, 1.82) is 0 Å². The van der Waals surface area contributed by atoms with E-state index in [1.807, 2.05) is 51.1 Å². The molecule has 3 rings (SSSR count). The predicted molar refractivity (Wildman–Crippen MR) is 152 cm³/mol. The third-order valence-corrected chi connectivity index (χ3v) is 8.04. The van der Waals surface area contributed by atoms with Crippen LogP contribution in [0.1, 0.15) is 31.9 Å². The van der Waals surface area contributed by atoms with Gasteiger partial charge in [-0.3, -0.25) is 13.9 Å². The zero-order valence-electron chi connectivity index (χ0n) is 21.7. The highest BCUT2D eigenvalue weighted by Crippen LogP contribution is 2.30. The van der Waals surface area contributed by atoms with E-state index in [0.29, 0.717) is 0 Å². The van der Waals surface area contributed by atoms with Crippen LogP contribution >= 0.6 is 23.2 Å². The van der Waals surface area contributed by atoms with Gasteiger partial charge in [-0.2, -0.15) is 0 Å². The number of sulfonamides is 1. The van der Waals surface area contributed by atoms with Crippen molar-refractivity contribution in [1.82, 2.24) is 10.2 Å². The van der Waals surface area contributed by atoms with Gasteiger partial charge in [0.15, 0.2) is 0 Å². The van der Waals surface area contributed by atoms with E-state index in [1.165, 1.54) is 35.2 Å². The Morgan fingerprint density at radius 2 is 1.47 bits per heavy atom. The molecule has 0 aromatic heterocycles. The summed E-state index contributed by atoms with van der Waals surface area (Å²) in [6, 6.07) is 18.9. The molecule has 3 aromatic carbocycles. The molecule has 0 aliphatic carbocycles. The molecule has 1 N–H and O–H groups in total. The van der Waals surface area contributed by atoms with Crippen molar-refractivity contribution in [2.45, 2.75) is 51.2 Å². The van der Waals surface area contributed by atoms with Crippen LogP contribution in [0.25, 0.3) is 0 Å². The molecule has 38 heavy (non-hydrogen) atoms. The smallest absolute Gasteiger partial charge is 0.264 e. The fourth-order valence-corrected chi connectivity index (χ4v) is 5.73. The normalized spacial score (nSPS) is 12.2. The minimum absolute atomic E-state index is 0.00667. The van der Waals surface area contributed by atoms with Crippen molar-refractivity contribution in [2.75, 3.05) is 10.8 Å². The average Bonchev–Trinajstić information content (AvgIpc) is 2.85. The van der Waals surface area contributed by atoms with E-state index >= 15 is 0 Å². The number of anilines is 1. The van der Waals surface area contributed by atoms with E-state index in [-0.39, 0.29) is 39.1 Å². The minimum atomic E-state index is -4.20. The van der Waals surface area contributed by atoms with Crippen LogP contribution in [0.15, 0.2) is 77.7 Å². The maximum absolute atomic E-state index is 13.8. The molecule has 3 aromatic rings. The molecule has 0 spiro atoms. The quantitative estimate of drug-likeness (QED) is 0.348. The highest BCUT2D eigenvalue weighted by Gasteiger charge is 2.33. The lowest BCUT2D eigenvalue weighted by Crippen LogP contribution is -2.52. The van der Waals surface area contributed by atoms with Crippen LogP contribution in [0.5, 0.6) is 0 Å². The number of nitrogens with zero attached hydrogens (tertiary/aromatic N) is 2. The second-order valence-corrected chi connectivity index (χ2v) is 12.0. The number of halogens is 2. The molecular weight excluding hydrogens is 545 g/mol. The summed E-state index contributed by atoms with van der Waals surface area (Å²) in [5.41, 5.74) is 1.82. The number of carbonyl (C=O) groups is 2. The zero-order valence-corrected chi connectivity index (χ0v) is 24.0. The van der Waals surface area contributed by atoms with E-state index in [1.54, 1.807) is 19.1 Å². The van der Waals surface area contributed by atoms with Crippen molar-refractivity contribution in [3.8, 4) is 0 Å². The van der Waals surface area contributed by atoms with Crippen molar-refractivity contribution in [2.24, 2.45) is 0 Å². The lowest BCUT2D eigenvalue weighted by Gasteiger charge is -2.32. The van der Waals surface area contributed by atoms with Crippen LogP contribution < -0.4 is 9.62 Å². The molecule has 0 saturated carbocycles. The summed E-state index contributed by atoms with van der Waals surface area (Å²) in [6.07, 6.45) is 0. The third-order valence-electron chi connectivity index (χ3n) is 5.82. The van der Waals surface area contributed by atoms with E-state index in [0.717, 1.165) is 15.4 Å². The van der Waals surface area contributed by atoms with Crippen LogP contribution in [-0.2, 0) is 26.2 Å². The average molecular weight is 577 g/mol. The minimum Gasteiger partial charge on any atom is -0.352 e. The van der Waals surface area contributed by atoms with E-state index in [9.17, 15) is 18.0 Å². The third kappa shape index (κ3) is 7.49. The highest BCUT2D eigenvalue weighted by atomic mass is 35.5. The Bertz CT molecular complexity index is 1360. The van der Waals surface area contributed by atoms with Gasteiger partial charge in [-0.1, -0.05) is 71.2 Å². The molecule has 0 bridgehead atoms. The van der Waals surface area contributed by atoms with Gasteiger partial charge in [-0.05, 0) is 63.6 Å². The standard InChI is InChI=1S/C28H31Cl2N3O4S/c1-19(2)31-28(35)21(4)32(17-22-8-6-5-7-9-22)27(34)18-33(25-15-23(29)14-24(30)16-25)38(36,37)26-12-10-20(3)11-13-26/h5-16,19,21H,17-18H2,1-4H3,(H,31,35)/t21-/m0/s1. The first-order valence-electron chi connectivity index (χ1n) is 12.1. The lowest BCUT2D eigenvalue weighted by molar-refractivity contribution is -0.139. The molecule has 0 fully saturated rings. The number of carbonyl (C=O) groups excluding carboxylic acids is 2. The predicted octanol–water partition coefficient (Wildman–Crippen LogP) is 5.44.